The molecule has 1 aromatic rings. The molecule has 0 bridgehead atoms. The molecule has 0 saturated heterocycles. The first-order valence-electron chi connectivity index (χ1n) is 6.48. The van der Waals surface area contributed by atoms with Crippen LogP contribution in [0.1, 0.15) is 18.4 Å². The van der Waals surface area contributed by atoms with Gasteiger partial charge in [0.15, 0.2) is 15.1 Å². The Kier molecular flexibility index (Phi) is 6.36. The highest BCUT2D eigenvalue weighted by Crippen LogP contribution is 2.11. The number of sulfone groups is 1. The van der Waals surface area contributed by atoms with Crippen LogP contribution in [-0.4, -0.2) is 38.4 Å². The zero-order chi connectivity index (χ0) is 15.9. The van der Waals surface area contributed by atoms with Gasteiger partial charge in [0.2, 0.25) is 5.91 Å². The van der Waals surface area contributed by atoms with E-state index < -0.39 is 27.0 Å². The molecule has 1 rings (SSSR count). The first-order valence-corrected chi connectivity index (χ1v) is 8.44. The number of carbonyl (C=O) groups is 2. The summed E-state index contributed by atoms with van der Waals surface area (Å²) in [6.45, 7) is -0.0252. The molecule has 7 heteroatoms. The molecule has 21 heavy (non-hydrogen) atoms. The third kappa shape index (κ3) is 6.40. The zero-order valence-corrected chi connectivity index (χ0v) is 12.6. The minimum absolute atomic E-state index is 0.0252. The van der Waals surface area contributed by atoms with Gasteiger partial charge in [-0.1, -0.05) is 30.3 Å². The summed E-state index contributed by atoms with van der Waals surface area (Å²) < 4.78 is 28.4. The van der Waals surface area contributed by atoms with Gasteiger partial charge in [0.05, 0.1) is 6.61 Å². The van der Waals surface area contributed by atoms with Gasteiger partial charge in [0.25, 0.3) is 0 Å². The maximum atomic E-state index is 11.9. The summed E-state index contributed by atoms with van der Waals surface area (Å²) in [7, 11) is -3.58. The molecule has 1 aromatic carbocycles. The van der Waals surface area contributed by atoms with Crippen molar-refractivity contribution >= 4 is 21.7 Å². The van der Waals surface area contributed by atoms with Crippen LogP contribution in [-0.2, 0) is 30.6 Å². The van der Waals surface area contributed by atoms with E-state index in [0.29, 0.717) is 0 Å². The van der Waals surface area contributed by atoms with Crippen LogP contribution in [0.15, 0.2) is 30.3 Å². The van der Waals surface area contributed by atoms with Gasteiger partial charge in [0.1, 0.15) is 0 Å². The normalized spacial score (nSPS) is 12.6. The fraction of sp³-hybridized carbons (Fsp3) is 0.429. The number of esters is 1. The monoisotopic (exact) mass is 313 g/mol. The average Bonchev–Trinajstić information content (AvgIpc) is 2.40. The summed E-state index contributed by atoms with van der Waals surface area (Å²) >= 11 is 0. The Morgan fingerprint density at radius 1 is 1.24 bits per heavy atom. The van der Waals surface area contributed by atoms with Crippen molar-refractivity contribution in [1.29, 1.82) is 0 Å². The van der Waals surface area contributed by atoms with Gasteiger partial charge >= 0.3 is 5.97 Å². The van der Waals surface area contributed by atoms with Gasteiger partial charge in [-0.3, -0.25) is 9.59 Å². The molecule has 0 radical (unpaired) electrons. The smallest absolute Gasteiger partial charge is 0.324 e. The fourth-order valence-corrected chi connectivity index (χ4v) is 2.66. The summed E-state index contributed by atoms with van der Waals surface area (Å²) in [5, 5.41) is -1.24. The van der Waals surface area contributed by atoms with Gasteiger partial charge in [0, 0.05) is 12.7 Å². The molecule has 0 heterocycles. The highest BCUT2D eigenvalue weighted by atomic mass is 32.2. The standard InChI is InChI=1S/C14H19NO5S/c1-21(18,19)12(10-11-6-3-2-4-7-11)14(17)20-9-5-8-13(15)16/h2-4,6-7,12H,5,8-10H2,1H3,(H2,15,16)/t12-/m0/s1. The maximum Gasteiger partial charge on any atom is 0.324 e. The zero-order valence-electron chi connectivity index (χ0n) is 11.8. The number of nitrogens with two attached hydrogens (primary N) is 1. The number of hydrogen-bond donors (Lipinski definition) is 1. The molecule has 0 spiro atoms. The molecule has 0 aromatic heterocycles. The van der Waals surface area contributed by atoms with E-state index >= 15 is 0 Å². The lowest BCUT2D eigenvalue weighted by molar-refractivity contribution is -0.143. The summed E-state index contributed by atoms with van der Waals surface area (Å²) in [6.07, 6.45) is 1.44. The topological polar surface area (TPSA) is 104 Å². The van der Waals surface area contributed by atoms with E-state index in [1.54, 1.807) is 30.3 Å². The highest BCUT2D eigenvalue weighted by Gasteiger charge is 2.30. The van der Waals surface area contributed by atoms with Gasteiger partial charge in [-0.25, -0.2) is 8.42 Å². The SMILES string of the molecule is CS(=O)(=O)[C@@H](Cc1ccccc1)C(=O)OCCCC(N)=O. The van der Waals surface area contributed by atoms with Gasteiger partial charge < -0.3 is 10.5 Å². The molecule has 0 unspecified atom stereocenters. The molecule has 1 atom stereocenters. The van der Waals surface area contributed by atoms with Gasteiger partial charge in [-0.05, 0) is 18.4 Å². The van der Waals surface area contributed by atoms with Crippen LogP contribution in [0.4, 0.5) is 0 Å². The Bertz CT molecular complexity index is 583. The van der Waals surface area contributed by atoms with Crippen LogP contribution in [0.25, 0.3) is 0 Å². The Morgan fingerprint density at radius 3 is 2.38 bits per heavy atom. The van der Waals surface area contributed by atoms with Gasteiger partial charge in [-0.15, -0.1) is 0 Å². The fourth-order valence-electron chi connectivity index (χ4n) is 1.75. The summed E-state index contributed by atoms with van der Waals surface area (Å²) in [5.74, 6) is -1.29. The molecule has 0 saturated carbocycles. The number of ether oxygens (including phenoxy) is 1. The van der Waals surface area contributed by atoms with E-state index in [9.17, 15) is 18.0 Å². The third-order valence-corrected chi connectivity index (χ3v) is 4.25. The van der Waals surface area contributed by atoms with Crippen LogP contribution in [0.5, 0.6) is 0 Å². The first-order chi connectivity index (χ1) is 9.80. The first kappa shape index (κ1) is 17.2. The summed E-state index contributed by atoms with van der Waals surface area (Å²) in [6, 6.07) is 8.85. The quantitative estimate of drug-likeness (QED) is 0.554. The Labute approximate surface area is 124 Å². The molecule has 0 aliphatic carbocycles. The second-order valence-electron chi connectivity index (χ2n) is 4.75. The minimum atomic E-state index is -3.58. The van der Waals surface area contributed by atoms with E-state index in [-0.39, 0.29) is 25.9 Å². The van der Waals surface area contributed by atoms with E-state index in [1.807, 2.05) is 0 Å². The van der Waals surface area contributed by atoms with E-state index in [1.165, 1.54) is 0 Å². The van der Waals surface area contributed by atoms with E-state index in [2.05, 4.69) is 0 Å². The molecule has 0 aliphatic heterocycles. The van der Waals surface area contributed by atoms with Crippen molar-refractivity contribution in [2.75, 3.05) is 12.9 Å². The molecule has 6 nitrogen and oxygen atoms in total. The number of amides is 1. The molecule has 116 valence electrons. The Balaban J connectivity index is 2.66. The lowest BCUT2D eigenvalue weighted by Gasteiger charge is -2.14. The van der Waals surface area contributed by atoms with Crippen LogP contribution in [0.3, 0.4) is 0 Å². The number of rotatable bonds is 8. The summed E-state index contributed by atoms with van der Waals surface area (Å²) in [4.78, 5) is 22.5. The molecule has 0 aliphatic rings. The molecule has 0 fully saturated rings. The van der Waals surface area contributed by atoms with Crippen molar-refractivity contribution < 1.29 is 22.7 Å². The predicted octanol–water partition coefficient (Wildman–Crippen LogP) is 0.451. The molecule has 2 N–H and O–H groups in total. The third-order valence-electron chi connectivity index (χ3n) is 2.86. The number of benzene rings is 1. The van der Waals surface area contributed by atoms with Crippen LogP contribution < -0.4 is 5.73 Å². The van der Waals surface area contributed by atoms with Crippen molar-refractivity contribution in [2.24, 2.45) is 5.73 Å². The predicted molar refractivity (Wildman–Crippen MR) is 78.2 cm³/mol. The lowest BCUT2D eigenvalue weighted by atomic mass is 10.1. The number of hydrogen-bond acceptors (Lipinski definition) is 5. The Morgan fingerprint density at radius 2 is 1.86 bits per heavy atom. The largest absolute Gasteiger partial charge is 0.465 e. The van der Waals surface area contributed by atoms with Crippen molar-refractivity contribution in [3.63, 3.8) is 0 Å². The van der Waals surface area contributed by atoms with E-state index in [0.717, 1.165) is 11.8 Å². The minimum Gasteiger partial charge on any atom is -0.465 e. The Hall–Kier alpha value is -1.89. The average molecular weight is 313 g/mol. The highest BCUT2D eigenvalue weighted by molar-refractivity contribution is 7.92. The van der Waals surface area contributed by atoms with Crippen LogP contribution >= 0.6 is 0 Å². The van der Waals surface area contributed by atoms with E-state index in [4.69, 9.17) is 10.5 Å². The molecular formula is C14H19NO5S. The maximum absolute atomic E-state index is 11.9. The van der Waals surface area contributed by atoms with Crippen molar-refractivity contribution in [3.8, 4) is 0 Å². The second kappa shape index (κ2) is 7.78. The van der Waals surface area contributed by atoms with Crippen LogP contribution in [0.2, 0.25) is 0 Å². The molecule has 1 amide bonds. The van der Waals surface area contributed by atoms with Crippen molar-refractivity contribution in [1.82, 2.24) is 0 Å². The lowest BCUT2D eigenvalue weighted by Crippen LogP contribution is -2.33. The molecular weight excluding hydrogens is 294 g/mol. The van der Waals surface area contributed by atoms with Gasteiger partial charge in [-0.2, -0.15) is 0 Å². The van der Waals surface area contributed by atoms with Crippen LogP contribution in [0, 0.1) is 0 Å². The second-order valence-corrected chi connectivity index (χ2v) is 6.97. The summed E-state index contributed by atoms with van der Waals surface area (Å²) in [5.41, 5.74) is 5.70. The number of carbonyl (C=O) groups excluding carboxylic acids is 2. The van der Waals surface area contributed by atoms with Crippen molar-refractivity contribution in [2.45, 2.75) is 24.5 Å². The number of primary amides is 1. The van der Waals surface area contributed by atoms with Crippen molar-refractivity contribution in [3.05, 3.63) is 35.9 Å².